The van der Waals surface area contributed by atoms with Crippen molar-refractivity contribution in [1.82, 2.24) is 4.98 Å². The molecule has 0 saturated carbocycles. The highest BCUT2D eigenvalue weighted by Crippen LogP contribution is 2.22. The zero-order valence-electron chi connectivity index (χ0n) is 7.13. The summed E-state index contributed by atoms with van der Waals surface area (Å²) in [7, 11) is 0. The number of aromatic nitrogens is 1. The van der Waals surface area contributed by atoms with Crippen molar-refractivity contribution < 1.29 is 4.39 Å². The van der Waals surface area contributed by atoms with E-state index >= 15 is 0 Å². The largest absolute Gasteiger partial charge is 0.361 e. The van der Waals surface area contributed by atoms with Gasteiger partial charge in [-0.25, -0.2) is 4.39 Å². The average Bonchev–Trinajstić information content (AvgIpc) is 2.60. The summed E-state index contributed by atoms with van der Waals surface area (Å²) in [6.07, 6.45) is 1.77. The van der Waals surface area contributed by atoms with Crippen molar-refractivity contribution in [1.29, 1.82) is 0 Å². The lowest BCUT2D eigenvalue weighted by molar-refractivity contribution is 0.438. The smallest absolute Gasteiger partial charge is 0.109 e. The Kier molecular flexibility index (Phi) is 2.02. The predicted octanol–water partition coefficient (Wildman–Crippen LogP) is 2.14. The molecule has 3 heteroatoms. The van der Waals surface area contributed by atoms with E-state index in [1.807, 2.05) is 24.3 Å². The van der Waals surface area contributed by atoms with Gasteiger partial charge in [0.15, 0.2) is 0 Å². The summed E-state index contributed by atoms with van der Waals surface area (Å²) in [6.45, 7) is -0.526. The zero-order chi connectivity index (χ0) is 9.26. The summed E-state index contributed by atoms with van der Waals surface area (Å²) in [5.74, 6) is 0. The van der Waals surface area contributed by atoms with E-state index in [4.69, 9.17) is 5.73 Å². The van der Waals surface area contributed by atoms with Crippen LogP contribution in [0, 0.1) is 0 Å². The van der Waals surface area contributed by atoms with E-state index in [9.17, 15) is 4.39 Å². The highest BCUT2D eigenvalue weighted by atomic mass is 19.1. The number of H-pyrrole nitrogens is 1. The van der Waals surface area contributed by atoms with E-state index in [0.29, 0.717) is 0 Å². The SMILES string of the molecule is N[C@H](CF)c1c[nH]c2ccccc12. The Bertz CT molecular complexity index is 408. The van der Waals surface area contributed by atoms with Gasteiger partial charge in [-0.15, -0.1) is 0 Å². The summed E-state index contributed by atoms with van der Waals surface area (Å²) < 4.78 is 12.3. The second-order valence-electron chi connectivity index (χ2n) is 3.05. The molecule has 0 unspecified atom stereocenters. The molecule has 1 heterocycles. The summed E-state index contributed by atoms with van der Waals surface area (Å²) in [5.41, 5.74) is 7.46. The number of halogens is 1. The minimum Gasteiger partial charge on any atom is -0.361 e. The lowest BCUT2D eigenvalue weighted by Crippen LogP contribution is -2.11. The third kappa shape index (κ3) is 1.31. The Morgan fingerprint density at radius 1 is 1.38 bits per heavy atom. The van der Waals surface area contributed by atoms with Gasteiger partial charge in [0.25, 0.3) is 0 Å². The molecule has 2 aromatic rings. The zero-order valence-corrected chi connectivity index (χ0v) is 7.13. The number of aromatic amines is 1. The summed E-state index contributed by atoms with van der Waals surface area (Å²) in [4.78, 5) is 3.06. The van der Waals surface area contributed by atoms with Crippen LogP contribution in [0.15, 0.2) is 30.5 Å². The van der Waals surface area contributed by atoms with Crippen molar-refractivity contribution in [2.45, 2.75) is 6.04 Å². The van der Waals surface area contributed by atoms with Crippen LogP contribution < -0.4 is 5.73 Å². The van der Waals surface area contributed by atoms with Gasteiger partial charge < -0.3 is 10.7 Å². The van der Waals surface area contributed by atoms with Gasteiger partial charge in [-0.3, -0.25) is 0 Å². The molecule has 2 rings (SSSR count). The second kappa shape index (κ2) is 3.18. The Hall–Kier alpha value is -1.35. The number of fused-ring (bicyclic) bond motifs is 1. The molecule has 1 aromatic carbocycles. The van der Waals surface area contributed by atoms with E-state index < -0.39 is 12.7 Å². The highest BCUT2D eigenvalue weighted by Gasteiger charge is 2.10. The monoisotopic (exact) mass is 178 g/mol. The first-order valence-corrected chi connectivity index (χ1v) is 4.20. The van der Waals surface area contributed by atoms with Crippen LogP contribution in [-0.2, 0) is 0 Å². The average molecular weight is 178 g/mol. The second-order valence-corrected chi connectivity index (χ2v) is 3.05. The molecule has 13 heavy (non-hydrogen) atoms. The number of alkyl halides is 1. The van der Waals surface area contributed by atoms with Crippen LogP contribution in [0.5, 0.6) is 0 Å². The molecule has 0 amide bonds. The van der Waals surface area contributed by atoms with Crippen LogP contribution in [0.3, 0.4) is 0 Å². The highest BCUT2D eigenvalue weighted by molar-refractivity contribution is 5.83. The lowest BCUT2D eigenvalue weighted by Gasteiger charge is -2.03. The third-order valence-corrected chi connectivity index (χ3v) is 2.19. The first-order valence-electron chi connectivity index (χ1n) is 4.20. The van der Waals surface area contributed by atoms with Crippen molar-refractivity contribution in [3.8, 4) is 0 Å². The van der Waals surface area contributed by atoms with Crippen molar-refractivity contribution in [2.75, 3.05) is 6.67 Å². The molecular weight excluding hydrogens is 167 g/mol. The third-order valence-electron chi connectivity index (χ3n) is 2.19. The van der Waals surface area contributed by atoms with Crippen LogP contribution in [0.4, 0.5) is 4.39 Å². The van der Waals surface area contributed by atoms with Gasteiger partial charge in [0.05, 0.1) is 6.04 Å². The molecule has 0 aliphatic heterocycles. The van der Waals surface area contributed by atoms with Gasteiger partial charge in [-0.1, -0.05) is 18.2 Å². The molecule has 0 spiro atoms. The molecule has 0 fully saturated rings. The van der Waals surface area contributed by atoms with Gasteiger partial charge in [-0.2, -0.15) is 0 Å². The van der Waals surface area contributed by atoms with Crippen LogP contribution in [0.1, 0.15) is 11.6 Å². The molecule has 0 saturated heterocycles. The predicted molar refractivity (Wildman–Crippen MR) is 51.2 cm³/mol. The number of hydrogen-bond acceptors (Lipinski definition) is 1. The summed E-state index contributed by atoms with van der Waals surface area (Å²) in [6, 6.07) is 7.23. The topological polar surface area (TPSA) is 41.8 Å². The van der Waals surface area contributed by atoms with Gasteiger partial charge in [0, 0.05) is 17.1 Å². The van der Waals surface area contributed by atoms with Crippen molar-refractivity contribution in [2.24, 2.45) is 5.73 Å². The van der Waals surface area contributed by atoms with Crippen molar-refractivity contribution in [3.63, 3.8) is 0 Å². The number of rotatable bonds is 2. The molecule has 0 aliphatic carbocycles. The standard InChI is InChI=1S/C10H11FN2/c11-5-9(12)8-6-13-10-4-2-1-3-7(8)10/h1-4,6,9,13H,5,12H2/t9-/m1/s1. The normalized spacial score (nSPS) is 13.4. The van der Waals surface area contributed by atoms with Crippen LogP contribution in [0.2, 0.25) is 0 Å². The number of para-hydroxylation sites is 1. The molecule has 0 radical (unpaired) electrons. The Morgan fingerprint density at radius 2 is 2.15 bits per heavy atom. The van der Waals surface area contributed by atoms with Crippen molar-refractivity contribution in [3.05, 3.63) is 36.0 Å². The molecule has 3 N–H and O–H groups in total. The van der Waals surface area contributed by atoms with Gasteiger partial charge in [0.2, 0.25) is 0 Å². The fourth-order valence-corrected chi connectivity index (χ4v) is 1.48. The van der Waals surface area contributed by atoms with Crippen LogP contribution in [-0.4, -0.2) is 11.7 Å². The molecule has 2 nitrogen and oxygen atoms in total. The van der Waals surface area contributed by atoms with Crippen LogP contribution >= 0.6 is 0 Å². The van der Waals surface area contributed by atoms with E-state index in [2.05, 4.69) is 4.98 Å². The van der Waals surface area contributed by atoms with E-state index in [1.54, 1.807) is 6.20 Å². The van der Waals surface area contributed by atoms with E-state index in [1.165, 1.54) is 0 Å². The number of nitrogens with two attached hydrogens (primary N) is 1. The van der Waals surface area contributed by atoms with Gasteiger partial charge in [-0.05, 0) is 11.6 Å². The first kappa shape index (κ1) is 8.26. The molecule has 1 aromatic heterocycles. The van der Waals surface area contributed by atoms with Crippen molar-refractivity contribution >= 4 is 10.9 Å². The Morgan fingerprint density at radius 3 is 2.92 bits per heavy atom. The van der Waals surface area contributed by atoms with Crippen LogP contribution in [0.25, 0.3) is 10.9 Å². The minimum atomic E-state index is -0.526. The number of hydrogen-bond donors (Lipinski definition) is 2. The number of nitrogens with one attached hydrogen (secondary N) is 1. The summed E-state index contributed by atoms with van der Waals surface area (Å²) >= 11 is 0. The minimum absolute atomic E-state index is 0.517. The molecule has 0 aliphatic rings. The molecule has 1 atom stereocenters. The lowest BCUT2D eigenvalue weighted by atomic mass is 10.1. The maximum absolute atomic E-state index is 12.3. The Balaban J connectivity index is 2.57. The molecular formula is C10H11FN2. The van der Waals surface area contributed by atoms with E-state index in [0.717, 1.165) is 16.5 Å². The quantitative estimate of drug-likeness (QED) is 0.726. The maximum atomic E-state index is 12.3. The Labute approximate surface area is 75.6 Å². The number of benzene rings is 1. The fourth-order valence-electron chi connectivity index (χ4n) is 1.48. The maximum Gasteiger partial charge on any atom is 0.109 e. The van der Waals surface area contributed by atoms with E-state index in [-0.39, 0.29) is 0 Å². The van der Waals surface area contributed by atoms with Gasteiger partial charge in [0.1, 0.15) is 6.67 Å². The molecule has 0 bridgehead atoms. The first-order chi connectivity index (χ1) is 6.33. The fraction of sp³-hybridized carbons (Fsp3) is 0.200. The molecule has 68 valence electrons. The summed E-state index contributed by atoms with van der Waals surface area (Å²) in [5, 5.41) is 1.01. The van der Waals surface area contributed by atoms with Gasteiger partial charge >= 0.3 is 0 Å².